The summed E-state index contributed by atoms with van der Waals surface area (Å²) < 4.78 is 4.77. The maximum atomic E-state index is 11.8. The number of aliphatic carboxylic acids is 1. The predicted octanol–water partition coefficient (Wildman–Crippen LogP) is 4.75. The van der Waals surface area contributed by atoms with E-state index >= 15 is 0 Å². The largest absolute Gasteiger partial charge is 0.481 e. The van der Waals surface area contributed by atoms with Gasteiger partial charge in [-0.3, -0.25) is 4.79 Å². The van der Waals surface area contributed by atoms with Gasteiger partial charge in [0.25, 0.3) is 0 Å². The molecule has 0 aliphatic heterocycles. The molecule has 0 radical (unpaired) electrons. The Bertz CT molecular complexity index is 1190. The quantitative estimate of drug-likeness (QED) is 0.560. The number of aryl methyl sites for hydroxylation is 2. The third-order valence-electron chi connectivity index (χ3n) is 5.21. The fourth-order valence-electron chi connectivity index (χ4n) is 3.74. The molecule has 3 rings (SSSR count). The van der Waals surface area contributed by atoms with Gasteiger partial charge in [0.2, 0.25) is 0 Å². The molecule has 0 fully saturated rings. The Balaban J connectivity index is 2.21. The first-order valence-electron chi connectivity index (χ1n) is 9.60. The summed E-state index contributed by atoms with van der Waals surface area (Å²) in [6, 6.07) is 15.5. The Kier molecular flexibility index (Phi) is 6.20. The van der Waals surface area contributed by atoms with Gasteiger partial charge in [0.05, 0.1) is 24.7 Å². The zero-order valence-electron chi connectivity index (χ0n) is 17.4. The lowest BCUT2D eigenvalue weighted by molar-refractivity contribution is -0.136. The fraction of sp³-hybridized carbons (Fsp3) is 0.160. The summed E-state index contributed by atoms with van der Waals surface area (Å²) in [5.41, 5.74) is 5.81. The molecule has 0 unspecified atom stereocenters. The number of hydrogen-bond acceptors (Lipinski definition) is 4. The second-order valence-corrected chi connectivity index (χ2v) is 7.26. The standard InChI is InChI=1S/C25H22O6/c1-14-11-16(24(28)29)7-9-18(14)20-5-4-6-21(22(20)13-23(26)27)19-10-8-17(12-15(19)2)25(30)31-3/h4-12H,13H2,1-3H3,(H,26,27)(H,28,29). The molecular formula is C25H22O6. The molecule has 6 nitrogen and oxygen atoms in total. The summed E-state index contributed by atoms with van der Waals surface area (Å²) in [4.78, 5) is 34.8. The van der Waals surface area contributed by atoms with E-state index in [2.05, 4.69) is 0 Å². The van der Waals surface area contributed by atoms with Crippen molar-refractivity contribution in [3.8, 4) is 22.3 Å². The Morgan fingerprint density at radius 3 is 1.74 bits per heavy atom. The lowest BCUT2D eigenvalue weighted by atomic mass is 9.86. The van der Waals surface area contributed by atoms with E-state index in [1.807, 2.05) is 25.1 Å². The second kappa shape index (κ2) is 8.83. The van der Waals surface area contributed by atoms with E-state index in [4.69, 9.17) is 4.74 Å². The van der Waals surface area contributed by atoms with Crippen LogP contribution in [0.25, 0.3) is 22.3 Å². The molecule has 31 heavy (non-hydrogen) atoms. The van der Waals surface area contributed by atoms with E-state index in [1.54, 1.807) is 37.3 Å². The minimum atomic E-state index is -1.02. The first kappa shape index (κ1) is 21.8. The van der Waals surface area contributed by atoms with Crippen LogP contribution in [0.4, 0.5) is 0 Å². The van der Waals surface area contributed by atoms with Gasteiger partial charge in [-0.2, -0.15) is 0 Å². The van der Waals surface area contributed by atoms with Gasteiger partial charge in [-0.25, -0.2) is 9.59 Å². The first-order valence-corrected chi connectivity index (χ1v) is 9.60. The van der Waals surface area contributed by atoms with Crippen molar-refractivity contribution in [2.24, 2.45) is 0 Å². The Morgan fingerprint density at radius 1 is 0.774 bits per heavy atom. The van der Waals surface area contributed by atoms with Crippen LogP contribution in [0, 0.1) is 13.8 Å². The van der Waals surface area contributed by atoms with Crippen LogP contribution in [0.5, 0.6) is 0 Å². The van der Waals surface area contributed by atoms with Gasteiger partial charge in [0, 0.05) is 0 Å². The molecule has 0 aliphatic carbocycles. The van der Waals surface area contributed by atoms with Gasteiger partial charge >= 0.3 is 17.9 Å². The molecule has 0 aromatic heterocycles. The highest BCUT2D eigenvalue weighted by molar-refractivity contribution is 5.92. The minimum absolute atomic E-state index is 0.173. The molecule has 0 aliphatic rings. The summed E-state index contributed by atoms with van der Waals surface area (Å²) >= 11 is 0. The molecule has 2 N–H and O–H groups in total. The number of hydrogen-bond donors (Lipinski definition) is 2. The van der Waals surface area contributed by atoms with Crippen molar-refractivity contribution in [2.45, 2.75) is 20.3 Å². The predicted molar refractivity (Wildman–Crippen MR) is 116 cm³/mol. The van der Waals surface area contributed by atoms with Crippen molar-refractivity contribution in [3.05, 3.63) is 82.4 Å². The number of carboxylic acid groups (broad SMARTS) is 2. The lowest BCUT2D eigenvalue weighted by Crippen LogP contribution is -2.06. The molecule has 3 aromatic rings. The maximum absolute atomic E-state index is 11.8. The highest BCUT2D eigenvalue weighted by Crippen LogP contribution is 2.36. The molecule has 0 atom stereocenters. The van der Waals surface area contributed by atoms with Gasteiger partial charge in [-0.15, -0.1) is 0 Å². The van der Waals surface area contributed by atoms with Gasteiger partial charge in [0.15, 0.2) is 0 Å². The summed E-state index contributed by atoms with van der Waals surface area (Å²) in [6.07, 6.45) is -0.205. The van der Waals surface area contributed by atoms with Crippen molar-refractivity contribution >= 4 is 17.9 Å². The molecule has 0 spiro atoms. The third-order valence-corrected chi connectivity index (χ3v) is 5.21. The highest BCUT2D eigenvalue weighted by atomic mass is 16.5. The summed E-state index contributed by atoms with van der Waals surface area (Å²) in [7, 11) is 1.32. The Hall–Kier alpha value is -3.93. The normalized spacial score (nSPS) is 10.5. The van der Waals surface area contributed by atoms with Crippen LogP contribution in [0.15, 0.2) is 54.6 Å². The van der Waals surface area contributed by atoms with Crippen LogP contribution in [-0.4, -0.2) is 35.2 Å². The molecule has 0 amide bonds. The van der Waals surface area contributed by atoms with E-state index < -0.39 is 17.9 Å². The van der Waals surface area contributed by atoms with Crippen LogP contribution in [0.3, 0.4) is 0 Å². The average molecular weight is 418 g/mol. The number of ether oxygens (including phenoxy) is 1. The van der Waals surface area contributed by atoms with E-state index in [9.17, 15) is 24.6 Å². The highest BCUT2D eigenvalue weighted by Gasteiger charge is 2.18. The van der Waals surface area contributed by atoms with Crippen molar-refractivity contribution in [2.75, 3.05) is 7.11 Å². The average Bonchev–Trinajstić information content (AvgIpc) is 2.73. The molecule has 0 saturated heterocycles. The molecule has 158 valence electrons. The van der Waals surface area contributed by atoms with Crippen molar-refractivity contribution in [1.29, 1.82) is 0 Å². The van der Waals surface area contributed by atoms with Gasteiger partial charge in [0.1, 0.15) is 0 Å². The first-order chi connectivity index (χ1) is 14.7. The minimum Gasteiger partial charge on any atom is -0.481 e. The maximum Gasteiger partial charge on any atom is 0.337 e. The number of methoxy groups -OCH3 is 1. The zero-order valence-corrected chi connectivity index (χ0v) is 17.4. The molecular weight excluding hydrogens is 396 g/mol. The molecule has 0 heterocycles. The number of rotatable bonds is 6. The van der Waals surface area contributed by atoms with E-state index in [0.29, 0.717) is 11.1 Å². The Morgan fingerprint density at radius 2 is 1.29 bits per heavy atom. The van der Waals surface area contributed by atoms with Crippen LogP contribution in [0.1, 0.15) is 37.4 Å². The van der Waals surface area contributed by atoms with Crippen LogP contribution >= 0.6 is 0 Å². The number of esters is 1. The summed E-state index contributed by atoms with van der Waals surface area (Å²) in [5.74, 6) is -2.43. The van der Waals surface area contributed by atoms with Gasteiger partial charge in [-0.05, 0) is 77.1 Å². The van der Waals surface area contributed by atoms with Crippen LogP contribution in [-0.2, 0) is 16.0 Å². The number of benzene rings is 3. The number of carbonyl (C=O) groups is 3. The third kappa shape index (κ3) is 4.48. The fourth-order valence-corrected chi connectivity index (χ4v) is 3.74. The molecule has 3 aromatic carbocycles. The summed E-state index contributed by atoms with van der Waals surface area (Å²) in [6.45, 7) is 3.65. The SMILES string of the molecule is COC(=O)c1ccc(-c2cccc(-c3ccc(C(=O)O)cc3C)c2CC(=O)O)c(C)c1. The van der Waals surface area contributed by atoms with Crippen LogP contribution < -0.4 is 0 Å². The van der Waals surface area contributed by atoms with Crippen molar-refractivity contribution in [3.63, 3.8) is 0 Å². The second-order valence-electron chi connectivity index (χ2n) is 7.26. The molecule has 0 saturated carbocycles. The zero-order chi connectivity index (χ0) is 22.7. The van der Waals surface area contributed by atoms with Crippen LogP contribution in [0.2, 0.25) is 0 Å². The van der Waals surface area contributed by atoms with Crippen molar-refractivity contribution < 1.29 is 29.3 Å². The number of aromatic carboxylic acids is 1. The van der Waals surface area contributed by atoms with E-state index in [1.165, 1.54) is 13.2 Å². The van der Waals surface area contributed by atoms with E-state index in [0.717, 1.165) is 33.4 Å². The molecule has 6 heteroatoms. The van der Waals surface area contributed by atoms with Gasteiger partial charge < -0.3 is 14.9 Å². The van der Waals surface area contributed by atoms with Crippen molar-refractivity contribution in [1.82, 2.24) is 0 Å². The summed E-state index contributed by atoms with van der Waals surface area (Å²) in [5, 5.41) is 18.8. The van der Waals surface area contributed by atoms with E-state index in [-0.39, 0.29) is 12.0 Å². The Labute approximate surface area is 179 Å². The number of carbonyl (C=O) groups excluding carboxylic acids is 1. The van der Waals surface area contributed by atoms with Gasteiger partial charge in [-0.1, -0.05) is 30.3 Å². The topological polar surface area (TPSA) is 101 Å². The lowest BCUT2D eigenvalue weighted by Gasteiger charge is -2.18. The smallest absolute Gasteiger partial charge is 0.337 e. The number of carboxylic acids is 2. The molecule has 0 bridgehead atoms. The monoisotopic (exact) mass is 418 g/mol.